The number of ether oxygens (including phenoxy) is 1. The number of amides is 1. The number of rotatable bonds is 5. The minimum atomic E-state index is -0.000592. The largest absolute Gasteiger partial charge is 0.476 e. The lowest BCUT2D eigenvalue weighted by atomic mass is 9.92. The van der Waals surface area contributed by atoms with Crippen molar-refractivity contribution in [3.63, 3.8) is 0 Å². The summed E-state index contributed by atoms with van der Waals surface area (Å²) in [6.45, 7) is 8.64. The summed E-state index contributed by atoms with van der Waals surface area (Å²) >= 11 is 0. The van der Waals surface area contributed by atoms with Gasteiger partial charge in [-0.05, 0) is 31.2 Å². The van der Waals surface area contributed by atoms with Gasteiger partial charge in [-0.15, -0.1) is 5.10 Å². The average molecular weight is 317 g/mol. The third-order valence-electron chi connectivity index (χ3n) is 4.67. The molecule has 1 saturated heterocycles. The normalized spacial score (nSPS) is 21.5. The van der Waals surface area contributed by atoms with Gasteiger partial charge in [-0.2, -0.15) is 5.10 Å². The minimum Gasteiger partial charge on any atom is -0.476 e. The van der Waals surface area contributed by atoms with Gasteiger partial charge < -0.3 is 9.64 Å². The van der Waals surface area contributed by atoms with Crippen LogP contribution in [0.25, 0.3) is 0 Å². The van der Waals surface area contributed by atoms with E-state index in [2.05, 4.69) is 31.0 Å². The van der Waals surface area contributed by atoms with Crippen molar-refractivity contribution in [3.8, 4) is 5.88 Å². The molecule has 5 nitrogen and oxygen atoms in total. The van der Waals surface area contributed by atoms with Crippen molar-refractivity contribution in [2.45, 2.75) is 51.9 Å². The van der Waals surface area contributed by atoms with Gasteiger partial charge in [-0.1, -0.05) is 20.8 Å². The summed E-state index contributed by atoms with van der Waals surface area (Å²) in [5, 5.41) is 8.39. The Hall–Kier alpha value is -1.65. The molecule has 2 fully saturated rings. The van der Waals surface area contributed by atoms with Crippen molar-refractivity contribution in [1.82, 2.24) is 15.1 Å². The first kappa shape index (κ1) is 16.2. The minimum absolute atomic E-state index is 0.000592. The third-order valence-corrected chi connectivity index (χ3v) is 4.67. The third kappa shape index (κ3) is 4.43. The molecule has 1 saturated carbocycles. The molecule has 1 aromatic heterocycles. The van der Waals surface area contributed by atoms with Crippen molar-refractivity contribution in [1.29, 1.82) is 0 Å². The maximum Gasteiger partial charge on any atom is 0.233 e. The van der Waals surface area contributed by atoms with Crippen LogP contribution in [0.1, 0.15) is 52.1 Å². The second-order valence-corrected chi connectivity index (χ2v) is 7.96. The molecule has 0 aromatic carbocycles. The number of hydrogen-bond donors (Lipinski definition) is 0. The molecule has 1 aliphatic heterocycles. The van der Waals surface area contributed by atoms with E-state index in [-0.39, 0.29) is 5.41 Å². The van der Waals surface area contributed by atoms with E-state index in [1.165, 1.54) is 12.8 Å². The number of carbonyl (C=O) groups excluding carboxylic acids is 1. The average Bonchev–Trinajstić information content (AvgIpc) is 3.19. The number of nitrogens with zero attached hydrogens (tertiary/aromatic N) is 3. The van der Waals surface area contributed by atoms with E-state index in [1.807, 2.05) is 17.0 Å². The molecule has 126 valence electrons. The standard InChI is InChI=1S/C18H27N3O2/c1-18(2,3)15-6-7-16(20-19-15)23-12-14-8-9-21(11-14)17(22)10-13-4-5-13/h6-7,13-14H,4-5,8-12H2,1-3H3. The molecule has 3 rings (SSSR count). The first-order valence-corrected chi connectivity index (χ1v) is 8.66. The fraction of sp³-hybridized carbons (Fsp3) is 0.722. The van der Waals surface area contributed by atoms with Crippen LogP contribution in [0.3, 0.4) is 0 Å². The predicted molar refractivity (Wildman–Crippen MR) is 88.3 cm³/mol. The van der Waals surface area contributed by atoms with Gasteiger partial charge >= 0.3 is 0 Å². The van der Waals surface area contributed by atoms with Gasteiger partial charge in [-0.25, -0.2) is 0 Å². The quantitative estimate of drug-likeness (QED) is 0.838. The summed E-state index contributed by atoms with van der Waals surface area (Å²) in [4.78, 5) is 14.1. The molecule has 0 N–H and O–H groups in total. The molecule has 0 spiro atoms. The van der Waals surface area contributed by atoms with Crippen molar-refractivity contribution >= 4 is 5.91 Å². The van der Waals surface area contributed by atoms with E-state index in [0.29, 0.717) is 30.2 Å². The second kappa shape index (κ2) is 6.46. The van der Waals surface area contributed by atoms with Gasteiger partial charge in [0.1, 0.15) is 0 Å². The zero-order chi connectivity index (χ0) is 16.4. The molecule has 2 aliphatic rings. The smallest absolute Gasteiger partial charge is 0.233 e. The molecule has 1 aromatic rings. The van der Waals surface area contributed by atoms with E-state index in [1.54, 1.807) is 0 Å². The summed E-state index contributed by atoms with van der Waals surface area (Å²) in [7, 11) is 0. The molecule has 2 heterocycles. The Morgan fingerprint density at radius 2 is 2.00 bits per heavy atom. The van der Waals surface area contributed by atoms with Crippen LogP contribution in [0.15, 0.2) is 12.1 Å². The number of aromatic nitrogens is 2. The van der Waals surface area contributed by atoms with Gasteiger partial charge in [0.2, 0.25) is 11.8 Å². The van der Waals surface area contributed by atoms with E-state index < -0.39 is 0 Å². The van der Waals surface area contributed by atoms with Gasteiger partial charge in [-0.3, -0.25) is 4.79 Å². The fourth-order valence-electron chi connectivity index (χ4n) is 2.89. The van der Waals surface area contributed by atoms with Crippen LogP contribution in [0.5, 0.6) is 5.88 Å². The summed E-state index contributed by atoms with van der Waals surface area (Å²) in [5.41, 5.74) is 0.960. The number of hydrogen-bond acceptors (Lipinski definition) is 4. The first-order chi connectivity index (χ1) is 10.9. The summed E-state index contributed by atoms with van der Waals surface area (Å²) in [5.74, 6) is 1.96. The van der Waals surface area contributed by atoms with E-state index in [9.17, 15) is 4.79 Å². The highest BCUT2D eigenvalue weighted by atomic mass is 16.5. The molecule has 0 bridgehead atoms. The Morgan fingerprint density at radius 3 is 2.61 bits per heavy atom. The van der Waals surface area contributed by atoms with Crippen molar-refractivity contribution < 1.29 is 9.53 Å². The van der Waals surface area contributed by atoms with Gasteiger partial charge in [0.15, 0.2) is 0 Å². The van der Waals surface area contributed by atoms with Crippen LogP contribution in [0, 0.1) is 11.8 Å². The fourth-order valence-corrected chi connectivity index (χ4v) is 2.89. The Labute approximate surface area is 138 Å². The Balaban J connectivity index is 1.44. The lowest BCUT2D eigenvalue weighted by Crippen LogP contribution is -2.29. The molecule has 1 atom stereocenters. The SMILES string of the molecule is CC(C)(C)c1ccc(OCC2CCN(C(=O)CC3CC3)C2)nn1. The Kier molecular flexibility index (Phi) is 4.55. The van der Waals surface area contributed by atoms with Gasteiger partial charge in [0.05, 0.1) is 12.3 Å². The molecule has 0 radical (unpaired) electrons. The summed E-state index contributed by atoms with van der Waals surface area (Å²) in [6, 6.07) is 3.86. The lowest BCUT2D eigenvalue weighted by Gasteiger charge is -2.17. The van der Waals surface area contributed by atoms with E-state index >= 15 is 0 Å². The van der Waals surface area contributed by atoms with Gasteiger partial charge in [0.25, 0.3) is 0 Å². The molecule has 5 heteroatoms. The number of carbonyl (C=O) groups is 1. The highest BCUT2D eigenvalue weighted by Gasteiger charge is 2.31. The zero-order valence-electron chi connectivity index (χ0n) is 14.4. The second-order valence-electron chi connectivity index (χ2n) is 7.96. The van der Waals surface area contributed by atoms with E-state index in [4.69, 9.17) is 4.74 Å². The number of likely N-dealkylation sites (tertiary alicyclic amines) is 1. The maximum absolute atomic E-state index is 12.1. The van der Waals surface area contributed by atoms with Crippen LogP contribution in [0.2, 0.25) is 0 Å². The zero-order valence-corrected chi connectivity index (χ0v) is 14.4. The predicted octanol–water partition coefficient (Wildman–Crippen LogP) is 2.80. The van der Waals surface area contributed by atoms with Crippen molar-refractivity contribution in [3.05, 3.63) is 17.8 Å². The maximum atomic E-state index is 12.1. The van der Waals surface area contributed by atoms with Gasteiger partial charge in [0, 0.05) is 36.9 Å². The van der Waals surface area contributed by atoms with Crippen LogP contribution >= 0.6 is 0 Å². The first-order valence-electron chi connectivity index (χ1n) is 8.66. The van der Waals surface area contributed by atoms with Crippen LogP contribution in [0.4, 0.5) is 0 Å². The lowest BCUT2D eigenvalue weighted by molar-refractivity contribution is -0.130. The molecular formula is C18H27N3O2. The molecule has 1 unspecified atom stereocenters. The molecule has 23 heavy (non-hydrogen) atoms. The van der Waals surface area contributed by atoms with Crippen LogP contribution in [-0.2, 0) is 10.2 Å². The van der Waals surface area contributed by atoms with Crippen molar-refractivity contribution in [2.75, 3.05) is 19.7 Å². The molecule has 1 aliphatic carbocycles. The topological polar surface area (TPSA) is 55.3 Å². The summed E-state index contributed by atoms with van der Waals surface area (Å²) < 4.78 is 5.77. The van der Waals surface area contributed by atoms with Crippen LogP contribution < -0.4 is 4.74 Å². The van der Waals surface area contributed by atoms with Crippen LogP contribution in [-0.4, -0.2) is 40.7 Å². The summed E-state index contributed by atoms with van der Waals surface area (Å²) in [6.07, 6.45) is 4.22. The Morgan fingerprint density at radius 1 is 1.22 bits per heavy atom. The van der Waals surface area contributed by atoms with E-state index in [0.717, 1.165) is 31.6 Å². The Bertz CT molecular complexity index is 546. The highest BCUT2D eigenvalue weighted by molar-refractivity contribution is 5.77. The molecular weight excluding hydrogens is 290 g/mol. The monoisotopic (exact) mass is 317 g/mol. The highest BCUT2D eigenvalue weighted by Crippen LogP contribution is 2.33. The molecule has 1 amide bonds. The van der Waals surface area contributed by atoms with Crippen molar-refractivity contribution in [2.24, 2.45) is 11.8 Å².